The van der Waals surface area contributed by atoms with Gasteiger partial charge in [-0.15, -0.1) is 4.40 Å². The lowest BCUT2D eigenvalue weighted by Crippen LogP contribution is -2.34. The van der Waals surface area contributed by atoms with Crippen molar-refractivity contribution < 1.29 is 13.5 Å². The predicted molar refractivity (Wildman–Crippen MR) is 109 cm³/mol. The minimum atomic E-state index is -4.01. The first kappa shape index (κ1) is 17.9. The predicted octanol–water partition coefficient (Wildman–Crippen LogP) is 2.78. The number of nitrogens with zero attached hydrogens (tertiary/aromatic N) is 3. The lowest BCUT2D eigenvalue weighted by molar-refractivity contribution is 0.469. The Labute approximate surface area is 166 Å². The van der Waals surface area contributed by atoms with Crippen LogP contribution in [0.4, 0.5) is 5.69 Å². The summed E-state index contributed by atoms with van der Waals surface area (Å²) < 4.78 is 30.7. The van der Waals surface area contributed by atoms with Crippen molar-refractivity contribution in [3.8, 4) is 5.75 Å². The summed E-state index contributed by atoms with van der Waals surface area (Å²) in [4.78, 5) is 17.8. The number of hydrogen-bond acceptors (Lipinski definition) is 6. The number of aromatic nitrogens is 2. The van der Waals surface area contributed by atoms with Gasteiger partial charge in [0.25, 0.3) is 15.6 Å². The maximum atomic E-state index is 13.5. The lowest BCUT2D eigenvalue weighted by Gasteiger charge is -2.22. The van der Waals surface area contributed by atoms with E-state index in [0.717, 1.165) is 25.7 Å². The van der Waals surface area contributed by atoms with E-state index in [4.69, 9.17) is 0 Å². The van der Waals surface area contributed by atoms with Crippen LogP contribution in [0.2, 0.25) is 0 Å². The second kappa shape index (κ2) is 6.41. The normalized spacial score (nSPS) is 18.3. The second-order valence-corrected chi connectivity index (χ2v) is 8.82. The number of hydrogen-bond donors (Lipinski definition) is 2. The maximum absolute atomic E-state index is 13.5. The summed E-state index contributed by atoms with van der Waals surface area (Å²) in [6.07, 6.45) is 5.24. The van der Waals surface area contributed by atoms with Gasteiger partial charge in [0, 0.05) is 12.2 Å². The molecule has 9 heteroatoms. The third-order valence-corrected chi connectivity index (χ3v) is 6.83. The number of pyridine rings is 2. The Balaban J connectivity index is 1.81. The largest absolute Gasteiger partial charge is 0.506 e. The van der Waals surface area contributed by atoms with E-state index < -0.39 is 15.6 Å². The van der Waals surface area contributed by atoms with Gasteiger partial charge in [-0.05, 0) is 37.1 Å². The topological polar surface area (TPSA) is 114 Å². The molecule has 1 saturated carbocycles. The van der Waals surface area contributed by atoms with Crippen LogP contribution in [-0.2, 0) is 10.0 Å². The molecule has 1 aliphatic carbocycles. The number of rotatable bonds is 2. The molecule has 3 aromatic rings. The molecule has 2 aliphatic rings. The molecule has 8 nitrogen and oxygen atoms in total. The highest BCUT2D eigenvalue weighted by Gasteiger charge is 2.31. The minimum Gasteiger partial charge on any atom is -0.506 e. The summed E-state index contributed by atoms with van der Waals surface area (Å²) in [6.45, 7) is 0. The first-order valence-corrected chi connectivity index (χ1v) is 10.8. The van der Waals surface area contributed by atoms with Gasteiger partial charge in [0.15, 0.2) is 5.84 Å². The van der Waals surface area contributed by atoms with Crippen molar-refractivity contribution in [3.05, 3.63) is 58.5 Å². The summed E-state index contributed by atoms with van der Waals surface area (Å²) in [7, 11) is -4.01. The van der Waals surface area contributed by atoms with E-state index >= 15 is 0 Å². The zero-order valence-electron chi connectivity index (χ0n) is 15.4. The van der Waals surface area contributed by atoms with Gasteiger partial charge in [-0.2, -0.15) is 8.42 Å². The smallest absolute Gasteiger partial charge is 0.286 e. The number of para-hydroxylation sites is 1. The van der Waals surface area contributed by atoms with Crippen LogP contribution in [0.1, 0.15) is 37.3 Å². The monoisotopic (exact) mass is 410 g/mol. The number of nitrogens with one attached hydrogen (secondary N) is 1. The van der Waals surface area contributed by atoms with Crippen LogP contribution >= 0.6 is 0 Å². The number of anilines is 1. The lowest BCUT2D eigenvalue weighted by atomic mass is 10.1. The minimum absolute atomic E-state index is 0.0295. The average molecular weight is 410 g/mol. The number of fused-ring (bicyclic) bond motifs is 2. The van der Waals surface area contributed by atoms with E-state index in [-0.39, 0.29) is 28.1 Å². The molecule has 2 N–H and O–H groups in total. The Morgan fingerprint density at radius 2 is 1.86 bits per heavy atom. The molecule has 0 radical (unpaired) electrons. The van der Waals surface area contributed by atoms with Crippen molar-refractivity contribution in [2.24, 2.45) is 4.40 Å². The van der Waals surface area contributed by atoms with Crippen LogP contribution in [0.15, 0.2) is 56.7 Å². The second-order valence-electron chi connectivity index (χ2n) is 7.25. The van der Waals surface area contributed by atoms with E-state index in [9.17, 15) is 18.3 Å². The summed E-state index contributed by atoms with van der Waals surface area (Å²) >= 11 is 0. The van der Waals surface area contributed by atoms with E-state index in [1.807, 2.05) is 0 Å². The molecular formula is C20H18N4O4S. The van der Waals surface area contributed by atoms with Crippen LogP contribution in [0.3, 0.4) is 0 Å². The third kappa shape index (κ3) is 2.72. The third-order valence-electron chi connectivity index (χ3n) is 5.50. The van der Waals surface area contributed by atoms with Crippen LogP contribution in [-0.4, -0.2) is 28.9 Å². The van der Waals surface area contributed by atoms with Gasteiger partial charge in [0.05, 0.1) is 11.1 Å². The summed E-state index contributed by atoms with van der Waals surface area (Å²) in [5.74, 6) is -0.503. The molecule has 0 bridgehead atoms. The van der Waals surface area contributed by atoms with Crippen molar-refractivity contribution in [1.29, 1.82) is 0 Å². The quantitative estimate of drug-likeness (QED) is 0.672. The van der Waals surface area contributed by atoms with E-state index in [2.05, 4.69) is 14.7 Å². The molecule has 1 aliphatic heterocycles. The Hall–Kier alpha value is -3.20. The first-order chi connectivity index (χ1) is 14.0. The fraction of sp³-hybridized carbons (Fsp3) is 0.250. The van der Waals surface area contributed by atoms with Gasteiger partial charge in [-0.3, -0.25) is 9.36 Å². The number of aromatic hydroxyl groups is 1. The SMILES string of the molecule is O=c1c(C2=NS(=O)(=O)c3ccccc3N2)c(O)c2cccnc2n1C1CCCC1. The molecule has 29 heavy (non-hydrogen) atoms. The molecule has 0 atom stereocenters. The van der Waals surface area contributed by atoms with Crippen molar-refractivity contribution >= 4 is 32.6 Å². The summed E-state index contributed by atoms with van der Waals surface area (Å²) in [5, 5.41) is 14.2. The molecule has 148 valence electrons. The van der Waals surface area contributed by atoms with Gasteiger partial charge in [0.2, 0.25) is 0 Å². The number of benzene rings is 1. The molecule has 0 saturated heterocycles. The number of sulfonamides is 1. The first-order valence-electron chi connectivity index (χ1n) is 9.41. The van der Waals surface area contributed by atoms with Gasteiger partial charge >= 0.3 is 0 Å². The Kier molecular flexibility index (Phi) is 3.95. The molecule has 3 heterocycles. The highest BCUT2D eigenvalue weighted by molar-refractivity contribution is 7.90. The van der Waals surface area contributed by atoms with E-state index in [1.165, 1.54) is 6.07 Å². The van der Waals surface area contributed by atoms with Crippen LogP contribution in [0.25, 0.3) is 11.0 Å². The maximum Gasteiger partial charge on any atom is 0.286 e. The zero-order chi connectivity index (χ0) is 20.2. The van der Waals surface area contributed by atoms with Crippen molar-refractivity contribution in [3.63, 3.8) is 0 Å². The van der Waals surface area contributed by atoms with Crippen LogP contribution < -0.4 is 10.9 Å². The standard InChI is InChI=1S/C20H18N4O4S/c25-17-13-8-5-11-21-19(13)24(12-6-1-2-7-12)20(26)16(17)18-22-14-9-3-4-10-15(14)29(27,28)23-18/h3-5,8-12,25H,1-2,6-7H2,(H,22,23). The highest BCUT2D eigenvalue weighted by Crippen LogP contribution is 2.35. The molecule has 2 aromatic heterocycles. The molecular weight excluding hydrogens is 392 g/mol. The van der Waals surface area contributed by atoms with Crippen molar-refractivity contribution in [2.75, 3.05) is 5.32 Å². The average Bonchev–Trinajstić information content (AvgIpc) is 3.22. The summed E-state index contributed by atoms with van der Waals surface area (Å²) in [5.41, 5.74) is 0.0530. The zero-order valence-corrected chi connectivity index (χ0v) is 16.2. The van der Waals surface area contributed by atoms with Gasteiger partial charge in [0.1, 0.15) is 21.9 Å². The van der Waals surface area contributed by atoms with Gasteiger partial charge < -0.3 is 10.4 Å². The fourth-order valence-corrected chi connectivity index (χ4v) is 5.29. The fourth-order valence-electron chi connectivity index (χ4n) is 4.16. The molecule has 0 amide bonds. The van der Waals surface area contributed by atoms with Crippen molar-refractivity contribution in [1.82, 2.24) is 9.55 Å². The molecule has 5 rings (SSSR count). The van der Waals surface area contributed by atoms with Gasteiger partial charge in [-0.25, -0.2) is 4.98 Å². The van der Waals surface area contributed by atoms with Gasteiger partial charge in [-0.1, -0.05) is 25.0 Å². The highest BCUT2D eigenvalue weighted by atomic mass is 32.2. The summed E-state index contributed by atoms with van der Waals surface area (Å²) in [6, 6.07) is 9.61. The number of amidine groups is 1. The molecule has 1 aromatic carbocycles. The Morgan fingerprint density at radius 1 is 1.10 bits per heavy atom. The molecule has 0 unspecified atom stereocenters. The Bertz CT molecular complexity index is 1340. The van der Waals surface area contributed by atoms with E-state index in [1.54, 1.807) is 41.1 Å². The van der Waals surface area contributed by atoms with E-state index in [0.29, 0.717) is 16.7 Å². The molecule has 0 spiro atoms. The Morgan fingerprint density at radius 3 is 2.66 bits per heavy atom. The molecule has 1 fully saturated rings. The van der Waals surface area contributed by atoms with Crippen LogP contribution in [0, 0.1) is 0 Å². The van der Waals surface area contributed by atoms with Crippen LogP contribution in [0.5, 0.6) is 5.75 Å². The van der Waals surface area contributed by atoms with Crippen molar-refractivity contribution in [2.45, 2.75) is 36.6 Å².